The number of amides is 1. The SMILES string of the molecule is CCNC(CN1C(=O)CCc2ccccc21)C(C)C. The highest BCUT2D eigenvalue weighted by atomic mass is 16.2. The van der Waals surface area contributed by atoms with Gasteiger partial charge in [0.1, 0.15) is 0 Å². The Morgan fingerprint density at radius 2 is 2.00 bits per heavy atom. The van der Waals surface area contributed by atoms with Gasteiger partial charge < -0.3 is 10.2 Å². The summed E-state index contributed by atoms with van der Waals surface area (Å²) >= 11 is 0. The van der Waals surface area contributed by atoms with Crippen molar-refractivity contribution in [2.45, 2.75) is 39.7 Å². The molecule has 1 N–H and O–H groups in total. The van der Waals surface area contributed by atoms with Crippen molar-refractivity contribution in [2.24, 2.45) is 5.92 Å². The van der Waals surface area contributed by atoms with E-state index >= 15 is 0 Å². The molecule has 1 aromatic rings. The molecule has 1 aliphatic heterocycles. The fraction of sp³-hybridized carbons (Fsp3) is 0.562. The summed E-state index contributed by atoms with van der Waals surface area (Å²) in [5, 5.41) is 3.49. The molecule has 3 nitrogen and oxygen atoms in total. The Balaban J connectivity index is 2.21. The maximum absolute atomic E-state index is 12.2. The van der Waals surface area contributed by atoms with E-state index in [4.69, 9.17) is 0 Å². The first kappa shape index (κ1) is 14.1. The number of fused-ring (bicyclic) bond motifs is 1. The van der Waals surface area contributed by atoms with Crippen LogP contribution in [0.2, 0.25) is 0 Å². The standard InChI is InChI=1S/C16H24N2O/c1-4-17-14(12(2)3)11-18-15-8-6-5-7-13(15)9-10-16(18)19/h5-8,12,14,17H,4,9-11H2,1-3H3. The third-order valence-electron chi connectivity index (χ3n) is 3.84. The molecule has 104 valence electrons. The van der Waals surface area contributed by atoms with Crippen molar-refractivity contribution >= 4 is 11.6 Å². The van der Waals surface area contributed by atoms with Gasteiger partial charge in [0.2, 0.25) is 5.91 Å². The van der Waals surface area contributed by atoms with E-state index in [9.17, 15) is 4.79 Å². The molecule has 3 heteroatoms. The largest absolute Gasteiger partial charge is 0.312 e. The lowest BCUT2D eigenvalue weighted by Gasteiger charge is -2.34. The van der Waals surface area contributed by atoms with Crippen LogP contribution in [-0.2, 0) is 11.2 Å². The molecular formula is C16H24N2O. The summed E-state index contributed by atoms with van der Waals surface area (Å²) < 4.78 is 0. The molecule has 0 aliphatic carbocycles. The van der Waals surface area contributed by atoms with E-state index in [1.54, 1.807) is 0 Å². The number of carbonyl (C=O) groups excluding carboxylic acids is 1. The van der Waals surface area contributed by atoms with Crippen LogP contribution in [0.4, 0.5) is 5.69 Å². The highest BCUT2D eigenvalue weighted by Gasteiger charge is 2.26. The second-order valence-corrected chi connectivity index (χ2v) is 5.54. The molecule has 1 atom stereocenters. The Kier molecular flexibility index (Phi) is 4.59. The smallest absolute Gasteiger partial charge is 0.227 e. The maximum atomic E-state index is 12.2. The van der Waals surface area contributed by atoms with Gasteiger partial charge in [-0.25, -0.2) is 0 Å². The zero-order chi connectivity index (χ0) is 13.8. The Morgan fingerprint density at radius 3 is 2.68 bits per heavy atom. The van der Waals surface area contributed by atoms with Crippen LogP contribution in [-0.4, -0.2) is 25.0 Å². The average Bonchev–Trinajstić information content (AvgIpc) is 2.40. The van der Waals surface area contributed by atoms with Crippen molar-refractivity contribution in [2.75, 3.05) is 18.0 Å². The Bertz CT molecular complexity index is 442. The summed E-state index contributed by atoms with van der Waals surface area (Å²) in [7, 11) is 0. The molecule has 1 heterocycles. The maximum Gasteiger partial charge on any atom is 0.227 e. The van der Waals surface area contributed by atoms with Crippen molar-refractivity contribution in [3.05, 3.63) is 29.8 Å². The van der Waals surface area contributed by atoms with Crippen LogP contribution in [0.5, 0.6) is 0 Å². The minimum absolute atomic E-state index is 0.252. The van der Waals surface area contributed by atoms with Crippen molar-refractivity contribution in [3.63, 3.8) is 0 Å². The molecule has 0 fully saturated rings. The fourth-order valence-electron chi connectivity index (χ4n) is 2.67. The molecule has 0 radical (unpaired) electrons. The molecule has 0 spiro atoms. The van der Waals surface area contributed by atoms with Crippen LogP contribution >= 0.6 is 0 Å². The minimum atomic E-state index is 0.252. The van der Waals surface area contributed by atoms with Gasteiger partial charge >= 0.3 is 0 Å². The van der Waals surface area contributed by atoms with Crippen molar-refractivity contribution in [1.29, 1.82) is 0 Å². The predicted octanol–water partition coefficient (Wildman–Crippen LogP) is 2.60. The molecule has 1 aromatic carbocycles. The van der Waals surface area contributed by atoms with Gasteiger partial charge in [-0.1, -0.05) is 39.0 Å². The summed E-state index contributed by atoms with van der Waals surface area (Å²) in [5.74, 6) is 0.768. The molecule has 1 amide bonds. The number of hydrogen-bond donors (Lipinski definition) is 1. The summed E-state index contributed by atoms with van der Waals surface area (Å²) in [4.78, 5) is 14.2. The van der Waals surface area contributed by atoms with E-state index in [0.29, 0.717) is 18.4 Å². The summed E-state index contributed by atoms with van der Waals surface area (Å²) in [6.45, 7) is 8.22. The molecule has 0 aromatic heterocycles. The van der Waals surface area contributed by atoms with Crippen molar-refractivity contribution in [1.82, 2.24) is 5.32 Å². The number of hydrogen-bond acceptors (Lipinski definition) is 2. The molecule has 0 saturated heterocycles. The number of likely N-dealkylation sites (N-methyl/N-ethyl adjacent to an activating group) is 1. The number of carbonyl (C=O) groups is 1. The summed E-state index contributed by atoms with van der Waals surface area (Å²) in [5.41, 5.74) is 2.39. The first-order valence-corrected chi connectivity index (χ1v) is 7.25. The molecule has 1 aliphatic rings. The Labute approximate surface area is 116 Å². The highest BCUT2D eigenvalue weighted by Crippen LogP contribution is 2.28. The fourth-order valence-corrected chi connectivity index (χ4v) is 2.67. The number of nitrogens with one attached hydrogen (secondary N) is 1. The normalized spacial score (nSPS) is 16.6. The molecule has 1 unspecified atom stereocenters. The third-order valence-corrected chi connectivity index (χ3v) is 3.84. The Hall–Kier alpha value is -1.35. The zero-order valence-electron chi connectivity index (χ0n) is 12.1. The average molecular weight is 260 g/mol. The molecule has 2 rings (SSSR count). The summed E-state index contributed by atoms with van der Waals surface area (Å²) in [6.07, 6.45) is 1.51. The van der Waals surface area contributed by atoms with Crippen LogP contribution in [0.15, 0.2) is 24.3 Å². The first-order valence-electron chi connectivity index (χ1n) is 7.25. The van der Waals surface area contributed by atoms with Gasteiger partial charge in [-0.3, -0.25) is 4.79 Å². The topological polar surface area (TPSA) is 32.3 Å². The molecular weight excluding hydrogens is 236 g/mol. The van der Waals surface area contributed by atoms with Crippen molar-refractivity contribution < 1.29 is 4.79 Å². The van der Waals surface area contributed by atoms with E-state index in [2.05, 4.69) is 44.3 Å². The van der Waals surface area contributed by atoms with Gasteiger partial charge in [0, 0.05) is 24.7 Å². The lowest BCUT2D eigenvalue weighted by molar-refractivity contribution is -0.119. The summed E-state index contributed by atoms with van der Waals surface area (Å²) in [6, 6.07) is 8.61. The minimum Gasteiger partial charge on any atom is -0.312 e. The third kappa shape index (κ3) is 3.16. The van der Waals surface area contributed by atoms with Crippen LogP contribution in [0.1, 0.15) is 32.8 Å². The predicted molar refractivity (Wildman–Crippen MR) is 79.4 cm³/mol. The lowest BCUT2D eigenvalue weighted by atomic mass is 9.98. The number of anilines is 1. The second-order valence-electron chi connectivity index (χ2n) is 5.54. The van der Waals surface area contributed by atoms with E-state index in [0.717, 1.165) is 25.2 Å². The van der Waals surface area contributed by atoms with Gasteiger partial charge in [0.05, 0.1) is 0 Å². The number of rotatable bonds is 5. The Morgan fingerprint density at radius 1 is 1.26 bits per heavy atom. The number of aryl methyl sites for hydroxylation is 1. The molecule has 19 heavy (non-hydrogen) atoms. The van der Waals surface area contributed by atoms with Crippen molar-refractivity contribution in [3.8, 4) is 0 Å². The monoisotopic (exact) mass is 260 g/mol. The number of benzene rings is 1. The quantitative estimate of drug-likeness (QED) is 0.882. The van der Waals surface area contributed by atoms with Gasteiger partial charge in [0.15, 0.2) is 0 Å². The van der Waals surface area contributed by atoms with E-state index < -0.39 is 0 Å². The van der Waals surface area contributed by atoms with Crippen LogP contribution < -0.4 is 10.2 Å². The van der Waals surface area contributed by atoms with Gasteiger partial charge in [-0.2, -0.15) is 0 Å². The van der Waals surface area contributed by atoms with Crippen LogP contribution in [0, 0.1) is 5.92 Å². The van der Waals surface area contributed by atoms with Crippen LogP contribution in [0.3, 0.4) is 0 Å². The van der Waals surface area contributed by atoms with Gasteiger partial charge in [-0.05, 0) is 30.5 Å². The zero-order valence-corrected chi connectivity index (χ0v) is 12.1. The number of nitrogens with zero attached hydrogens (tertiary/aromatic N) is 1. The van der Waals surface area contributed by atoms with E-state index in [1.807, 2.05) is 11.0 Å². The lowest BCUT2D eigenvalue weighted by Crippen LogP contribution is -2.48. The van der Waals surface area contributed by atoms with Crippen LogP contribution in [0.25, 0.3) is 0 Å². The highest BCUT2D eigenvalue weighted by molar-refractivity contribution is 5.96. The number of para-hydroxylation sites is 1. The first-order chi connectivity index (χ1) is 9.13. The van der Waals surface area contributed by atoms with Gasteiger partial charge in [-0.15, -0.1) is 0 Å². The molecule has 0 saturated carbocycles. The van der Waals surface area contributed by atoms with E-state index in [-0.39, 0.29) is 5.91 Å². The van der Waals surface area contributed by atoms with E-state index in [1.165, 1.54) is 5.56 Å². The second kappa shape index (κ2) is 6.20. The van der Waals surface area contributed by atoms with Gasteiger partial charge in [0.25, 0.3) is 0 Å². The molecule has 0 bridgehead atoms.